The molecule has 0 saturated carbocycles. The van der Waals surface area contributed by atoms with Gasteiger partial charge in [0, 0.05) is 95.7 Å². The van der Waals surface area contributed by atoms with Gasteiger partial charge in [0.2, 0.25) is 5.91 Å². The molecule has 9 rings (SSSR count). The van der Waals surface area contributed by atoms with Crippen LogP contribution in [0.1, 0.15) is 62.2 Å². The van der Waals surface area contributed by atoms with Gasteiger partial charge in [0.1, 0.15) is 13.2 Å². The van der Waals surface area contributed by atoms with Crippen molar-refractivity contribution in [1.82, 2.24) is 10.8 Å². The van der Waals surface area contributed by atoms with Gasteiger partial charge in [-0.3, -0.25) is 39.0 Å². The van der Waals surface area contributed by atoms with E-state index in [1.54, 1.807) is 55.4 Å². The van der Waals surface area contributed by atoms with Gasteiger partial charge in [0.15, 0.2) is 23.0 Å². The maximum atomic E-state index is 14.2. The van der Waals surface area contributed by atoms with Crippen LogP contribution in [-0.2, 0) is 54.6 Å². The number of carbonyl (C=O) groups is 4. The first kappa shape index (κ1) is 59.8. The third kappa shape index (κ3) is 15.4. The molecule has 2 N–H and O–H groups in total. The largest absolute Gasteiger partial charge is 0.493 e. The van der Waals surface area contributed by atoms with Crippen LogP contribution in [0.5, 0.6) is 23.0 Å². The second-order valence-electron chi connectivity index (χ2n) is 21.7. The van der Waals surface area contributed by atoms with Crippen molar-refractivity contribution in [1.29, 1.82) is 0 Å². The highest BCUT2D eigenvalue weighted by Gasteiger charge is 2.38. The van der Waals surface area contributed by atoms with Crippen LogP contribution in [0.2, 0.25) is 25.7 Å². The molecule has 20 nitrogen and oxygen atoms in total. The standard InChI is InChI=1S/C62H75N7O13Si/c1-74-23-24-78-26-25-77-22-20-67(19-11-17-59(70)63-18-12-21-82-66-62(73)79-27-28-83(4,5)6)46-30-42(40-80-57-36-51-49(34-55(57)75-2)60(71)68-47(38-64-51)32-44-13-7-9-15-53(44)68)29-43(31-46)41-81-58-37-52-50(35-56(58)76-3)61(72)69-48(39-65-52)33-45-14-8-10-16-54(45)69/h7-10,13-16,29-31,34-39,47-48H,11-12,17-28,32-33,40-41H2,1-6H3,(H,63,70)(H,66,73)/t47-,48?/m0/s1. The summed E-state index contributed by atoms with van der Waals surface area (Å²) in [4.78, 5) is 74.3. The highest BCUT2D eigenvalue weighted by atomic mass is 28.3. The Hall–Kier alpha value is -7.82. The number of amides is 4. The fourth-order valence-corrected chi connectivity index (χ4v) is 11.0. The normalized spacial score (nSPS) is 15.5. The van der Waals surface area contributed by atoms with Crippen molar-refractivity contribution in [3.63, 3.8) is 0 Å². The molecule has 0 bridgehead atoms. The van der Waals surface area contributed by atoms with Gasteiger partial charge in [-0.1, -0.05) is 56.0 Å². The van der Waals surface area contributed by atoms with Crippen LogP contribution in [-0.4, -0.2) is 144 Å². The number of rotatable bonds is 30. The highest BCUT2D eigenvalue weighted by molar-refractivity contribution is 6.76. The monoisotopic (exact) mass is 1150 g/mol. The lowest BCUT2D eigenvalue weighted by Crippen LogP contribution is -2.37. The molecule has 0 aromatic heterocycles. The molecule has 5 aromatic carbocycles. The summed E-state index contributed by atoms with van der Waals surface area (Å²) in [6.45, 7) is 10.7. The van der Waals surface area contributed by atoms with Crippen LogP contribution >= 0.6 is 0 Å². The number of ether oxygens (including phenoxy) is 8. The van der Waals surface area contributed by atoms with E-state index in [9.17, 15) is 19.2 Å². The van der Waals surface area contributed by atoms with E-state index in [-0.39, 0.29) is 56.0 Å². The summed E-state index contributed by atoms with van der Waals surface area (Å²) in [5, 5.41) is 2.96. The summed E-state index contributed by atoms with van der Waals surface area (Å²) in [6, 6.07) is 29.2. The van der Waals surface area contributed by atoms with E-state index in [0.29, 0.717) is 130 Å². The van der Waals surface area contributed by atoms with Gasteiger partial charge in [-0.15, -0.1) is 0 Å². The fraction of sp³-hybridized carbons (Fsp3) is 0.419. The lowest BCUT2D eigenvalue weighted by atomic mass is 10.1. The number of hydrogen-bond donors (Lipinski definition) is 2. The Morgan fingerprint density at radius 1 is 0.639 bits per heavy atom. The molecule has 83 heavy (non-hydrogen) atoms. The van der Waals surface area contributed by atoms with Gasteiger partial charge < -0.3 is 48.1 Å². The number of hydroxylamine groups is 1. The Morgan fingerprint density at radius 3 is 1.75 bits per heavy atom. The molecule has 4 amide bonds. The van der Waals surface area contributed by atoms with Gasteiger partial charge in [-0.2, -0.15) is 5.48 Å². The second-order valence-corrected chi connectivity index (χ2v) is 27.4. The van der Waals surface area contributed by atoms with E-state index in [1.165, 1.54) is 0 Å². The van der Waals surface area contributed by atoms with Gasteiger partial charge in [0.05, 0.1) is 95.1 Å². The van der Waals surface area contributed by atoms with E-state index < -0.39 is 14.2 Å². The van der Waals surface area contributed by atoms with Crippen molar-refractivity contribution in [2.24, 2.45) is 9.98 Å². The van der Waals surface area contributed by atoms with E-state index in [1.807, 2.05) is 79.2 Å². The molecule has 5 aromatic rings. The summed E-state index contributed by atoms with van der Waals surface area (Å²) in [6.07, 6.45) is 5.57. The molecular weight excluding hydrogens is 1080 g/mol. The smallest absolute Gasteiger partial charge is 0.431 e. The van der Waals surface area contributed by atoms with E-state index in [2.05, 4.69) is 35.3 Å². The first-order valence-corrected chi connectivity index (χ1v) is 32.0. The Labute approximate surface area is 485 Å². The average Bonchev–Trinajstić information content (AvgIpc) is 3.86. The number of para-hydroxylation sites is 2. The van der Waals surface area contributed by atoms with Gasteiger partial charge in [0.25, 0.3) is 11.8 Å². The van der Waals surface area contributed by atoms with E-state index >= 15 is 0 Å². The maximum Gasteiger partial charge on any atom is 0.431 e. The number of hydrogen-bond acceptors (Lipinski definition) is 16. The van der Waals surface area contributed by atoms with Crippen molar-refractivity contribution in [3.8, 4) is 23.0 Å². The SMILES string of the molecule is COCCOCCOCCN(CCCC(=O)NCCCONC(=O)OCC[Si](C)(C)C)c1cc(COc2cc3c(cc2OC)C(=O)N2c4ccccc4CC2C=N3)cc(COc2cc3c(cc2OC)C(=O)N2c4ccccc4C[C@H]2C=N3)c1. The number of aliphatic imine (C=N–C) groups is 2. The number of carbonyl (C=O) groups excluding carboxylic acids is 4. The Morgan fingerprint density at radius 2 is 1.19 bits per heavy atom. The van der Waals surface area contributed by atoms with Crippen molar-refractivity contribution >= 4 is 72.8 Å². The summed E-state index contributed by atoms with van der Waals surface area (Å²) in [5.74, 6) is 1.09. The van der Waals surface area contributed by atoms with Crippen molar-refractivity contribution in [2.75, 3.05) is 102 Å². The van der Waals surface area contributed by atoms with Crippen LogP contribution in [0, 0.1) is 0 Å². The predicted octanol–water partition coefficient (Wildman–Crippen LogP) is 9.21. The molecule has 4 heterocycles. The Kier molecular flexibility index (Phi) is 20.5. The molecule has 440 valence electrons. The molecule has 1 unspecified atom stereocenters. The zero-order chi connectivity index (χ0) is 58.3. The molecular formula is C62H75N7O13Si. The molecule has 21 heteroatoms. The average molecular weight is 1150 g/mol. The zero-order valence-electron chi connectivity index (χ0n) is 48.2. The highest BCUT2D eigenvalue weighted by Crippen LogP contribution is 2.43. The third-order valence-electron chi connectivity index (χ3n) is 14.6. The summed E-state index contributed by atoms with van der Waals surface area (Å²) < 4.78 is 47.0. The van der Waals surface area contributed by atoms with Crippen LogP contribution in [0.3, 0.4) is 0 Å². The Bertz CT molecular complexity index is 3010. The summed E-state index contributed by atoms with van der Waals surface area (Å²) in [5.41, 5.74) is 10.4. The van der Waals surface area contributed by atoms with Crippen LogP contribution in [0.25, 0.3) is 0 Å². The van der Waals surface area contributed by atoms with Crippen LogP contribution in [0.4, 0.5) is 33.2 Å². The predicted molar refractivity (Wildman–Crippen MR) is 320 cm³/mol. The molecule has 4 aliphatic rings. The summed E-state index contributed by atoms with van der Waals surface area (Å²) >= 11 is 0. The second kappa shape index (κ2) is 28.4. The minimum Gasteiger partial charge on any atom is -0.493 e. The van der Waals surface area contributed by atoms with E-state index in [4.69, 9.17) is 52.7 Å². The van der Waals surface area contributed by atoms with Crippen LogP contribution in [0.15, 0.2) is 101 Å². The van der Waals surface area contributed by atoms with Crippen molar-refractivity contribution < 1.29 is 61.9 Å². The number of nitrogens with zero attached hydrogens (tertiary/aromatic N) is 5. The molecule has 2 atom stereocenters. The third-order valence-corrected chi connectivity index (χ3v) is 16.3. The van der Waals surface area contributed by atoms with E-state index in [0.717, 1.165) is 45.4 Å². The molecule has 4 aliphatic heterocycles. The minimum atomic E-state index is -1.34. The number of nitrogens with one attached hydrogen (secondary N) is 2. The quantitative estimate of drug-likeness (QED) is 0.0250. The number of methoxy groups -OCH3 is 3. The molecule has 0 spiro atoms. The molecule has 0 fully saturated rings. The molecule has 0 aliphatic carbocycles. The first-order chi connectivity index (χ1) is 40.3. The molecule has 0 saturated heterocycles. The number of fused-ring (bicyclic) bond motifs is 8. The van der Waals surface area contributed by atoms with Gasteiger partial charge >= 0.3 is 6.09 Å². The summed E-state index contributed by atoms with van der Waals surface area (Å²) in [7, 11) is 3.37. The molecule has 0 radical (unpaired) electrons. The van der Waals surface area contributed by atoms with Crippen molar-refractivity contribution in [3.05, 3.63) is 124 Å². The lowest BCUT2D eigenvalue weighted by Gasteiger charge is -2.26. The van der Waals surface area contributed by atoms with Crippen LogP contribution < -0.4 is 44.4 Å². The number of anilines is 3. The number of benzene rings is 5. The minimum absolute atomic E-state index is 0.0835. The van der Waals surface area contributed by atoms with Crippen molar-refractivity contribution in [2.45, 2.75) is 83.1 Å². The van der Waals surface area contributed by atoms with Gasteiger partial charge in [-0.25, -0.2) is 4.79 Å². The fourth-order valence-electron chi connectivity index (χ4n) is 10.3. The van der Waals surface area contributed by atoms with Gasteiger partial charge in [-0.05, 0) is 83.6 Å². The first-order valence-electron chi connectivity index (χ1n) is 28.2. The maximum absolute atomic E-state index is 14.2. The zero-order valence-corrected chi connectivity index (χ0v) is 49.2. The Balaban J connectivity index is 0.931. The lowest BCUT2D eigenvalue weighted by molar-refractivity contribution is -0.121. The topological polar surface area (TPSA) is 210 Å².